The van der Waals surface area contributed by atoms with Crippen LogP contribution < -0.4 is 5.73 Å². The lowest BCUT2D eigenvalue weighted by Crippen LogP contribution is -2.34. The van der Waals surface area contributed by atoms with Gasteiger partial charge >= 0.3 is 0 Å². The summed E-state index contributed by atoms with van der Waals surface area (Å²) in [6.45, 7) is 11.0. The zero-order valence-corrected chi connectivity index (χ0v) is 13.0. The smallest absolute Gasteiger partial charge is 0.266 e. The molecule has 0 bridgehead atoms. The highest BCUT2D eigenvalue weighted by Crippen LogP contribution is 2.20. The maximum atomic E-state index is 12.3. The molecule has 5 heteroatoms. The van der Waals surface area contributed by atoms with Gasteiger partial charge in [-0.3, -0.25) is 4.79 Å². The number of amides is 1. The molecule has 0 spiro atoms. The number of carbonyl (C=O) groups is 1. The van der Waals surface area contributed by atoms with Gasteiger partial charge in [0.1, 0.15) is 4.88 Å². The molecule has 2 N–H and O–H groups in total. The minimum absolute atomic E-state index is 0.0644. The molecule has 1 rings (SSSR count). The molecule has 0 aliphatic heterocycles. The van der Waals surface area contributed by atoms with E-state index < -0.39 is 0 Å². The average molecular weight is 283 g/mol. The van der Waals surface area contributed by atoms with Crippen LogP contribution in [0.5, 0.6) is 0 Å². The van der Waals surface area contributed by atoms with E-state index in [9.17, 15) is 4.79 Å². The van der Waals surface area contributed by atoms with Crippen LogP contribution in [0.3, 0.4) is 0 Å². The van der Waals surface area contributed by atoms with Crippen LogP contribution in [-0.4, -0.2) is 48.4 Å². The number of nitrogens with zero attached hydrogens (tertiary/aromatic N) is 2. The van der Waals surface area contributed by atoms with Gasteiger partial charge in [0, 0.05) is 13.1 Å². The predicted octanol–water partition coefficient (Wildman–Crippen LogP) is 2.52. The van der Waals surface area contributed by atoms with Gasteiger partial charge in [-0.25, -0.2) is 0 Å². The van der Waals surface area contributed by atoms with Crippen molar-refractivity contribution in [2.45, 2.75) is 27.2 Å². The Balaban J connectivity index is 2.50. The second-order valence-electron chi connectivity index (χ2n) is 4.47. The van der Waals surface area contributed by atoms with E-state index in [1.54, 1.807) is 6.07 Å². The monoisotopic (exact) mass is 283 g/mol. The Morgan fingerprint density at radius 1 is 1.21 bits per heavy atom. The fourth-order valence-electron chi connectivity index (χ4n) is 2.06. The van der Waals surface area contributed by atoms with Gasteiger partial charge in [0.05, 0.1) is 5.69 Å². The Bertz CT molecular complexity index is 388. The molecule has 0 saturated heterocycles. The average Bonchev–Trinajstić information content (AvgIpc) is 2.85. The standard InChI is InChI=1S/C14H25N3OS/c1-4-16(5-2)9-7-10-17(6-3)14(18)13-12(15)8-11-19-13/h8,11H,4-7,9-10,15H2,1-3H3. The number of thiophene rings is 1. The van der Waals surface area contributed by atoms with Gasteiger partial charge in [0.2, 0.25) is 0 Å². The Hall–Kier alpha value is -1.07. The van der Waals surface area contributed by atoms with Crippen LogP contribution in [0.4, 0.5) is 5.69 Å². The summed E-state index contributed by atoms with van der Waals surface area (Å²) in [7, 11) is 0. The van der Waals surface area contributed by atoms with Gasteiger partial charge in [-0.2, -0.15) is 0 Å². The van der Waals surface area contributed by atoms with Crippen molar-refractivity contribution >= 4 is 22.9 Å². The lowest BCUT2D eigenvalue weighted by molar-refractivity contribution is 0.0763. The van der Waals surface area contributed by atoms with Crippen LogP contribution in [0.25, 0.3) is 0 Å². The first kappa shape index (κ1) is 16.0. The lowest BCUT2D eigenvalue weighted by atomic mass is 10.3. The van der Waals surface area contributed by atoms with E-state index in [0.717, 1.165) is 39.1 Å². The van der Waals surface area contributed by atoms with E-state index in [-0.39, 0.29) is 5.91 Å². The Kier molecular flexibility index (Phi) is 6.87. The highest BCUT2D eigenvalue weighted by atomic mass is 32.1. The molecule has 0 saturated carbocycles. The zero-order chi connectivity index (χ0) is 14.3. The van der Waals surface area contributed by atoms with Crippen LogP contribution in [0.15, 0.2) is 11.4 Å². The molecule has 1 aromatic rings. The molecule has 0 aliphatic rings. The second-order valence-corrected chi connectivity index (χ2v) is 5.39. The summed E-state index contributed by atoms with van der Waals surface area (Å²) >= 11 is 1.42. The summed E-state index contributed by atoms with van der Waals surface area (Å²) in [5, 5.41) is 1.87. The Morgan fingerprint density at radius 3 is 2.37 bits per heavy atom. The summed E-state index contributed by atoms with van der Waals surface area (Å²) < 4.78 is 0. The van der Waals surface area contributed by atoms with Gasteiger partial charge in [-0.1, -0.05) is 13.8 Å². The normalized spacial score (nSPS) is 10.9. The van der Waals surface area contributed by atoms with E-state index in [1.807, 2.05) is 17.2 Å². The molecular weight excluding hydrogens is 258 g/mol. The maximum absolute atomic E-state index is 12.3. The first-order valence-electron chi connectivity index (χ1n) is 6.98. The van der Waals surface area contributed by atoms with E-state index >= 15 is 0 Å². The van der Waals surface area contributed by atoms with Crippen molar-refractivity contribution in [3.05, 3.63) is 16.3 Å². The third-order valence-electron chi connectivity index (χ3n) is 3.36. The molecule has 0 fully saturated rings. The third kappa shape index (κ3) is 4.51. The van der Waals surface area contributed by atoms with Crippen LogP contribution in [-0.2, 0) is 0 Å². The summed E-state index contributed by atoms with van der Waals surface area (Å²) in [6, 6.07) is 1.79. The Labute approximate surface area is 120 Å². The molecule has 1 aromatic heterocycles. The van der Waals surface area contributed by atoms with Crippen LogP contribution in [0.1, 0.15) is 36.9 Å². The second kappa shape index (κ2) is 8.17. The number of hydrogen-bond acceptors (Lipinski definition) is 4. The van der Waals surface area contributed by atoms with Crippen molar-refractivity contribution < 1.29 is 4.79 Å². The lowest BCUT2D eigenvalue weighted by Gasteiger charge is -2.23. The zero-order valence-electron chi connectivity index (χ0n) is 12.2. The number of hydrogen-bond donors (Lipinski definition) is 1. The van der Waals surface area contributed by atoms with Crippen molar-refractivity contribution in [2.24, 2.45) is 0 Å². The first-order valence-corrected chi connectivity index (χ1v) is 7.86. The van der Waals surface area contributed by atoms with E-state index in [4.69, 9.17) is 5.73 Å². The molecule has 1 heterocycles. The van der Waals surface area contributed by atoms with Crippen molar-refractivity contribution in [1.29, 1.82) is 0 Å². The van der Waals surface area contributed by atoms with Gasteiger partial charge in [0.15, 0.2) is 0 Å². The predicted molar refractivity (Wildman–Crippen MR) is 82.7 cm³/mol. The Morgan fingerprint density at radius 2 is 1.89 bits per heavy atom. The van der Waals surface area contributed by atoms with Crippen LogP contribution >= 0.6 is 11.3 Å². The fourth-order valence-corrected chi connectivity index (χ4v) is 2.85. The molecule has 0 radical (unpaired) electrons. The van der Waals surface area contributed by atoms with Gasteiger partial charge in [-0.05, 0) is 44.4 Å². The van der Waals surface area contributed by atoms with Gasteiger partial charge in [-0.15, -0.1) is 11.3 Å². The highest BCUT2D eigenvalue weighted by Gasteiger charge is 2.17. The van der Waals surface area contributed by atoms with Crippen molar-refractivity contribution in [3.8, 4) is 0 Å². The largest absolute Gasteiger partial charge is 0.397 e. The minimum Gasteiger partial charge on any atom is -0.397 e. The number of nitrogen functional groups attached to an aromatic ring is 1. The molecule has 0 unspecified atom stereocenters. The number of nitrogens with two attached hydrogens (primary N) is 1. The number of carbonyl (C=O) groups excluding carboxylic acids is 1. The van der Waals surface area contributed by atoms with Crippen molar-refractivity contribution in [1.82, 2.24) is 9.80 Å². The molecule has 1 amide bonds. The summed E-state index contributed by atoms with van der Waals surface area (Å²) in [6.07, 6.45) is 1.01. The molecule has 19 heavy (non-hydrogen) atoms. The summed E-state index contributed by atoms with van der Waals surface area (Å²) in [5.74, 6) is 0.0644. The van der Waals surface area contributed by atoms with E-state index in [1.165, 1.54) is 11.3 Å². The van der Waals surface area contributed by atoms with E-state index in [0.29, 0.717) is 10.6 Å². The minimum atomic E-state index is 0.0644. The van der Waals surface area contributed by atoms with Gasteiger partial charge < -0.3 is 15.5 Å². The van der Waals surface area contributed by atoms with Crippen LogP contribution in [0, 0.1) is 0 Å². The quantitative estimate of drug-likeness (QED) is 0.797. The number of rotatable bonds is 8. The molecule has 0 aromatic carbocycles. The van der Waals surface area contributed by atoms with E-state index in [2.05, 4.69) is 18.7 Å². The molecule has 0 aliphatic carbocycles. The molecule has 108 valence electrons. The maximum Gasteiger partial charge on any atom is 0.266 e. The van der Waals surface area contributed by atoms with Gasteiger partial charge in [0.25, 0.3) is 5.91 Å². The first-order chi connectivity index (χ1) is 9.13. The summed E-state index contributed by atoms with van der Waals surface area (Å²) in [4.78, 5) is 17.2. The fraction of sp³-hybridized carbons (Fsp3) is 0.643. The molecule has 4 nitrogen and oxygen atoms in total. The topological polar surface area (TPSA) is 49.6 Å². The SMILES string of the molecule is CCN(CC)CCCN(CC)C(=O)c1sccc1N. The highest BCUT2D eigenvalue weighted by molar-refractivity contribution is 7.12. The number of anilines is 1. The van der Waals surface area contributed by atoms with Crippen molar-refractivity contribution in [2.75, 3.05) is 38.5 Å². The van der Waals surface area contributed by atoms with Crippen LogP contribution in [0.2, 0.25) is 0 Å². The third-order valence-corrected chi connectivity index (χ3v) is 4.27. The molecule has 0 atom stereocenters. The molecular formula is C14H25N3OS. The summed E-state index contributed by atoms with van der Waals surface area (Å²) in [5.41, 5.74) is 6.40. The van der Waals surface area contributed by atoms with Crippen molar-refractivity contribution in [3.63, 3.8) is 0 Å².